The molecule has 0 aliphatic heterocycles. The number of ether oxygens (including phenoxy) is 2. The molecule has 8 heteroatoms. The number of rotatable bonds is 6. The second kappa shape index (κ2) is 8.79. The van der Waals surface area contributed by atoms with Gasteiger partial charge in [0.15, 0.2) is 4.80 Å². The Morgan fingerprint density at radius 2 is 1.93 bits per heavy atom. The van der Waals surface area contributed by atoms with Gasteiger partial charge in [-0.2, -0.15) is 4.99 Å². The second-order valence-electron chi connectivity index (χ2n) is 5.74. The van der Waals surface area contributed by atoms with Crippen LogP contribution in [0.3, 0.4) is 0 Å². The fraction of sp³-hybridized carbons (Fsp3) is 0.250. The van der Waals surface area contributed by atoms with Crippen LogP contribution in [0.2, 0.25) is 0 Å². The zero-order valence-corrected chi connectivity index (χ0v) is 16.3. The standard InChI is InChI=1S/C20H19FN2O4S/c1-3-26-15-9-6-10-16-18(15)23(12-17(24)27-4-2)20(28-16)22-19(25)13-7-5-8-14(21)11-13/h5-11H,3-4,12H2,1-2H3. The highest BCUT2D eigenvalue weighted by atomic mass is 32.1. The van der Waals surface area contributed by atoms with Crippen molar-refractivity contribution in [3.8, 4) is 5.75 Å². The van der Waals surface area contributed by atoms with E-state index in [1.807, 2.05) is 19.1 Å². The predicted molar refractivity (Wildman–Crippen MR) is 104 cm³/mol. The van der Waals surface area contributed by atoms with Gasteiger partial charge in [0.2, 0.25) is 0 Å². The van der Waals surface area contributed by atoms with Crippen LogP contribution in [-0.4, -0.2) is 29.7 Å². The number of thiazole rings is 1. The summed E-state index contributed by atoms with van der Waals surface area (Å²) in [4.78, 5) is 29.1. The van der Waals surface area contributed by atoms with E-state index in [2.05, 4.69) is 4.99 Å². The molecule has 0 N–H and O–H groups in total. The number of hydrogen-bond donors (Lipinski definition) is 0. The predicted octanol–water partition coefficient (Wildman–Crippen LogP) is 3.54. The lowest BCUT2D eigenvalue weighted by Crippen LogP contribution is -2.23. The molecule has 0 fully saturated rings. The van der Waals surface area contributed by atoms with Crippen molar-refractivity contribution >= 4 is 33.4 Å². The number of benzene rings is 2. The largest absolute Gasteiger partial charge is 0.492 e. The van der Waals surface area contributed by atoms with Crippen molar-refractivity contribution in [3.63, 3.8) is 0 Å². The van der Waals surface area contributed by atoms with Crippen molar-refractivity contribution in [3.05, 3.63) is 58.6 Å². The van der Waals surface area contributed by atoms with Crippen LogP contribution in [0.1, 0.15) is 24.2 Å². The van der Waals surface area contributed by atoms with E-state index in [-0.39, 0.29) is 18.7 Å². The molecule has 0 bridgehead atoms. The van der Waals surface area contributed by atoms with Crippen molar-refractivity contribution in [2.24, 2.45) is 4.99 Å². The smallest absolute Gasteiger partial charge is 0.326 e. The summed E-state index contributed by atoms with van der Waals surface area (Å²) in [6, 6.07) is 10.8. The Balaban J connectivity index is 2.16. The zero-order valence-electron chi connectivity index (χ0n) is 15.5. The van der Waals surface area contributed by atoms with Gasteiger partial charge in [0, 0.05) is 5.56 Å². The van der Waals surface area contributed by atoms with E-state index in [1.54, 1.807) is 17.6 Å². The average molecular weight is 402 g/mol. The number of aromatic nitrogens is 1. The topological polar surface area (TPSA) is 69.9 Å². The number of carbonyl (C=O) groups excluding carboxylic acids is 2. The van der Waals surface area contributed by atoms with Crippen LogP contribution in [0.25, 0.3) is 10.2 Å². The molecule has 28 heavy (non-hydrogen) atoms. The number of fused-ring (bicyclic) bond motifs is 1. The third-order valence-corrected chi connectivity index (χ3v) is 4.87. The van der Waals surface area contributed by atoms with E-state index in [1.165, 1.54) is 29.5 Å². The van der Waals surface area contributed by atoms with E-state index in [9.17, 15) is 14.0 Å². The molecule has 0 saturated heterocycles. The lowest BCUT2D eigenvalue weighted by atomic mass is 10.2. The van der Waals surface area contributed by atoms with E-state index < -0.39 is 17.7 Å². The Morgan fingerprint density at radius 3 is 2.64 bits per heavy atom. The van der Waals surface area contributed by atoms with E-state index in [0.717, 1.165) is 10.8 Å². The van der Waals surface area contributed by atoms with Gasteiger partial charge in [-0.05, 0) is 44.2 Å². The van der Waals surface area contributed by atoms with Crippen LogP contribution in [0.4, 0.5) is 4.39 Å². The number of amides is 1. The molecule has 6 nitrogen and oxygen atoms in total. The maximum absolute atomic E-state index is 13.4. The van der Waals surface area contributed by atoms with Crippen molar-refractivity contribution in [2.45, 2.75) is 20.4 Å². The van der Waals surface area contributed by atoms with Gasteiger partial charge in [0.1, 0.15) is 23.6 Å². The third kappa shape index (κ3) is 4.28. The minimum Gasteiger partial charge on any atom is -0.492 e. The molecule has 0 aliphatic carbocycles. The molecule has 146 valence electrons. The Kier molecular flexibility index (Phi) is 6.20. The Morgan fingerprint density at radius 1 is 1.14 bits per heavy atom. The maximum Gasteiger partial charge on any atom is 0.326 e. The maximum atomic E-state index is 13.4. The van der Waals surface area contributed by atoms with Gasteiger partial charge in [0.25, 0.3) is 5.91 Å². The van der Waals surface area contributed by atoms with Crippen LogP contribution in [0.5, 0.6) is 5.75 Å². The molecule has 2 aromatic carbocycles. The fourth-order valence-corrected chi connectivity index (χ4v) is 3.76. The van der Waals surface area contributed by atoms with Gasteiger partial charge < -0.3 is 14.0 Å². The molecular formula is C20H19FN2O4S. The van der Waals surface area contributed by atoms with Crippen molar-refractivity contribution < 1.29 is 23.5 Å². The number of para-hydroxylation sites is 1. The fourth-order valence-electron chi connectivity index (χ4n) is 2.71. The first-order valence-electron chi connectivity index (χ1n) is 8.78. The van der Waals surface area contributed by atoms with Gasteiger partial charge in [-0.15, -0.1) is 0 Å². The van der Waals surface area contributed by atoms with Crippen molar-refractivity contribution in [1.29, 1.82) is 0 Å². The molecule has 0 unspecified atom stereocenters. The summed E-state index contributed by atoms with van der Waals surface area (Å²) in [5, 5.41) is 0. The third-order valence-electron chi connectivity index (χ3n) is 3.83. The lowest BCUT2D eigenvalue weighted by molar-refractivity contribution is -0.143. The van der Waals surface area contributed by atoms with Gasteiger partial charge >= 0.3 is 5.97 Å². The molecule has 0 atom stereocenters. The van der Waals surface area contributed by atoms with Crippen molar-refractivity contribution in [1.82, 2.24) is 4.57 Å². The average Bonchev–Trinajstić information content (AvgIpc) is 3.00. The van der Waals surface area contributed by atoms with Crippen LogP contribution in [0, 0.1) is 5.82 Å². The molecule has 1 heterocycles. The van der Waals surface area contributed by atoms with Crippen LogP contribution >= 0.6 is 11.3 Å². The Bertz CT molecular complexity index is 1090. The Labute approximate surface area is 164 Å². The number of carbonyl (C=O) groups is 2. The van der Waals surface area contributed by atoms with Gasteiger partial charge in [0.05, 0.1) is 17.9 Å². The number of nitrogens with zero attached hydrogens (tertiary/aromatic N) is 2. The number of hydrogen-bond acceptors (Lipinski definition) is 5. The van der Waals surface area contributed by atoms with Gasteiger partial charge in [-0.25, -0.2) is 4.39 Å². The zero-order chi connectivity index (χ0) is 20.1. The summed E-state index contributed by atoms with van der Waals surface area (Å²) in [6.45, 7) is 4.16. The van der Waals surface area contributed by atoms with E-state index in [4.69, 9.17) is 9.47 Å². The first-order valence-corrected chi connectivity index (χ1v) is 9.60. The first kappa shape index (κ1) is 19.8. The molecule has 0 radical (unpaired) electrons. The summed E-state index contributed by atoms with van der Waals surface area (Å²) in [5.41, 5.74) is 0.790. The monoisotopic (exact) mass is 402 g/mol. The summed E-state index contributed by atoms with van der Waals surface area (Å²) in [5.74, 6) is -0.981. The molecule has 0 saturated carbocycles. The van der Waals surface area contributed by atoms with E-state index >= 15 is 0 Å². The quantitative estimate of drug-likeness (QED) is 0.592. The summed E-state index contributed by atoms with van der Waals surface area (Å²) in [7, 11) is 0. The van der Waals surface area contributed by atoms with E-state index in [0.29, 0.717) is 22.7 Å². The van der Waals surface area contributed by atoms with Gasteiger partial charge in [-0.1, -0.05) is 23.5 Å². The Hall–Kier alpha value is -3.00. The molecule has 0 spiro atoms. The first-order chi connectivity index (χ1) is 13.5. The minimum atomic E-state index is -0.596. The molecular weight excluding hydrogens is 383 g/mol. The summed E-state index contributed by atoms with van der Waals surface area (Å²) < 4.78 is 26.6. The van der Waals surface area contributed by atoms with Crippen LogP contribution < -0.4 is 9.54 Å². The van der Waals surface area contributed by atoms with Crippen LogP contribution in [0.15, 0.2) is 47.5 Å². The molecule has 1 amide bonds. The molecule has 3 rings (SSSR count). The molecule has 1 aromatic heterocycles. The minimum absolute atomic E-state index is 0.118. The molecule has 3 aromatic rings. The summed E-state index contributed by atoms with van der Waals surface area (Å²) >= 11 is 1.25. The number of halogens is 1. The SMILES string of the molecule is CCOC(=O)Cn1c(=NC(=O)c2cccc(F)c2)sc2cccc(OCC)c21. The highest BCUT2D eigenvalue weighted by Crippen LogP contribution is 2.27. The second-order valence-corrected chi connectivity index (χ2v) is 6.75. The lowest BCUT2D eigenvalue weighted by Gasteiger charge is -2.09. The van der Waals surface area contributed by atoms with Gasteiger partial charge in [-0.3, -0.25) is 9.59 Å². The number of esters is 1. The normalized spacial score (nSPS) is 11.6. The highest BCUT2D eigenvalue weighted by molar-refractivity contribution is 7.16. The molecule has 0 aliphatic rings. The van der Waals surface area contributed by atoms with Crippen molar-refractivity contribution in [2.75, 3.05) is 13.2 Å². The van der Waals surface area contributed by atoms with Crippen LogP contribution in [-0.2, 0) is 16.1 Å². The highest BCUT2D eigenvalue weighted by Gasteiger charge is 2.16. The summed E-state index contributed by atoms with van der Waals surface area (Å²) in [6.07, 6.45) is 0.